The number of hydrogen-bond acceptors (Lipinski definition) is 3. The van der Waals surface area contributed by atoms with Gasteiger partial charge in [-0.15, -0.1) is 0 Å². The zero-order chi connectivity index (χ0) is 15.5. The third-order valence-corrected chi connectivity index (χ3v) is 3.91. The first-order valence-electron chi connectivity index (χ1n) is 6.68. The number of aromatic nitrogens is 3. The molecule has 1 N–H and O–H groups in total. The van der Waals surface area contributed by atoms with Gasteiger partial charge in [0, 0.05) is 10.0 Å². The van der Waals surface area contributed by atoms with Crippen LogP contribution >= 0.6 is 28.1 Å². The van der Waals surface area contributed by atoms with Crippen LogP contribution in [0, 0.1) is 11.7 Å². The molecule has 0 aliphatic carbocycles. The molecule has 0 fully saturated rings. The highest BCUT2D eigenvalue weighted by Crippen LogP contribution is 2.18. The van der Waals surface area contributed by atoms with E-state index in [9.17, 15) is 0 Å². The van der Waals surface area contributed by atoms with Gasteiger partial charge in [-0.2, -0.15) is 14.9 Å². The van der Waals surface area contributed by atoms with E-state index in [1.165, 1.54) is 0 Å². The van der Waals surface area contributed by atoms with Gasteiger partial charge in [-0.3, -0.25) is 0 Å². The van der Waals surface area contributed by atoms with E-state index in [-0.39, 0.29) is 0 Å². The summed E-state index contributed by atoms with van der Waals surface area (Å²) in [6.07, 6.45) is 1.76. The molecule has 4 nitrogen and oxygen atoms in total. The molecule has 3 rings (SSSR count). The fourth-order valence-electron chi connectivity index (χ4n) is 2.04. The number of H-pyrrole nitrogens is 1. The summed E-state index contributed by atoms with van der Waals surface area (Å²) in [7, 11) is 0. The van der Waals surface area contributed by atoms with Crippen LogP contribution in [-0.2, 0) is 0 Å². The third kappa shape index (κ3) is 3.23. The molecule has 110 valence electrons. The van der Waals surface area contributed by atoms with Gasteiger partial charge < -0.3 is 0 Å². The highest BCUT2D eigenvalue weighted by atomic mass is 79.9. The van der Waals surface area contributed by atoms with Crippen molar-refractivity contribution < 1.29 is 0 Å². The quantitative estimate of drug-likeness (QED) is 0.540. The van der Waals surface area contributed by atoms with Gasteiger partial charge in [0.15, 0.2) is 5.82 Å². The summed E-state index contributed by atoms with van der Waals surface area (Å²) in [6, 6.07) is 16.0. The van der Waals surface area contributed by atoms with Crippen LogP contribution in [0.15, 0.2) is 58.1 Å². The van der Waals surface area contributed by atoms with Crippen LogP contribution in [0.4, 0.5) is 0 Å². The number of aryl methyl sites for hydroxylation is 1. The Morgan fingerprint density at radius 1 is 1.23 bits per heavy atom. The van der Waals surface area contributed by atoms with Crippen molar-refractivity contribution in [2.75, 3.05) is 0 Å². The molecule has 2 aromatic carbocycles. The molecule has 0 saturated carbocycles. The molecular weight excluding hydrogens is 360 g/mol. The first-order valence-corrected chi connectivity index (χ1v) is 7.88. The van der Waals surface area contributed by atoms with E-state index >= 15 is 0 Å². The van der Waals surface area contributed by atoms with Crippen molar-refractivity contribution in [2.24, 2.45) is 5.10 Å². The minimum absolute atomic E-state index is 0.463. The summed E-state index contributed by atoms with van der Waals surface area (Å²) in [5.41, 5.74) is 3.12. The number of nitrogens with one attached hydrogen (secondary N) is 1. The van der Waals surface area contributed by atoms with Crippen LogP contribution in [0.25, 0.3) is 11.4 Å². The summed E-state index contributed by atoms with van der Waals surface area (Å²) < 4.78 is 3.13. The second-order valence-electron chi connectivity index (χ2n) is 4.83. The van der Waals surface area contributed by atoms with Crippen LogP contribution in [0.5, 0.6) is 0 Å². The average molecular weight is 373 g/mol. The number of hydrogen-bond donors (Lipinski definition) is 1. The molecule has 0 aliphatic rings. The van der Waals surface area contributed by atoms with E-state index in [4.69, 9.17) is 12.2 Å². The van der Waals surface area contributed by atoms with E-state index in [2.05, 4.69) is 37.3 Å². The summed E-state index contributed by atoms with van der Waals surface area (Å²) in [5, 5.41) is 11.5. The monoisotopic (exact) mass is 372 g/mol. The van der Waals surface area contributed by atoms with Gasteiger partial charge in [-0.05, 0) is 42.9 Å². The van der Waals surface area contributed by atoms with Crippen molar-refractivity contribution in [3.8, 4) is 11.4 Å². The van der Waals surface area contributed by atoms with E-state index in [0.717, 1.165) is 21.2 Å². The van der Waals surface area contributed by atoms with E-state index in [1.54, 1.807) is 10.9 Å². The smallest absolute Gasteiger partial charge is 0.216 e. The van der Waals surface area contributed by atoms with Gasteiger partial charge >= 0.3 is 0 Å². The van der Waals surface area contributed by atoms with Crippen LogP contribution < -0.4 is 0 Å². The van der Waals surface area contributed by atoms with Crippen LogP contribution in [0.3, 0.4) is 0 Å². The van der Waals surface area contributed by atoms with Crippen molar-refractivity contribution in [1.29, 1.82) is 0 Å². The molecular formula is C16H13BrN4S. The maximum absolute atomic E-state index is 5.27. The Kier molecular flexibility index (Phi) is 4.31. The number of halogens is 1. The van der Waals surface area contributed by atoms with Gasteiger partial charge in [-0.25, -0.2) is 5.10 Å². The fraction of sp³-hybridized carbons (Fsp3) is 0.0625. The molecule has 0 radical (unpaired) electrons. The Balaban J connectivity index is 1.99. The fourth-order valence-corrected chi connectivity index (χ4v) is 2.49. The average Bonchev–Trinajstić information content (AvgIpc) is 2.88. The summed E-state index contributed by atoms with van der Waals surface area (Å²) >= 11 is 8.68. The highest BCUT2D eigenvalue weighted by Gasteiger charge is 2.07. The highest BCUT2D eigenvalue weighted by molar-refractivity contribution is 9.10. The Labute approximate surface area is 141 Å². The Hall–Kier alpha value is -2.05. The maximum Gasteiger partial charge on any atom is 0.216 e. The summed E-state index contributed by atoms with van der Waals surface area (Å²) in [4.78, 5) is 0. The van der Waals surface area contributed by atoms with Gasteiger partial charge in [0.2, 0.25) is 4.77 Å². The minimum Gasteiger partial charge on any atom is -0.250 e. The molecule has 0 atom stereocenters. The molecule has 1 aromatic heterocycles. The standard InChI is InChI=1S/C16H13BrN4S/c1-11-3-2-4-13(9-11)15-19-20-16(22)21(15)18-10-12-5-7-14(17)8-6-12/h2-10H,1H3,(H,20,22)/b18-10+. The number of rotatable bonds is 3. The molecule has 0 bridgehead atoms. The molecule has 0 aliphatic heterocycles. The summed E-state index contributed by atoms with van der Waals surface area (Å²) in [6.45, 7) is 2.04. The lowest BCUT2D eigenvalue weighted by Crippen LogP contribution is -1.95. The first kappa shape index (κ1) is 14.9. The predicted molar refractivity (Wildman–Crippen MR) is 94.7 cm³/mol. The molecule has 0 saturated heterocycles. The molecule has 0 spiro atoms. The summed E-state index contributed by atoms with van der Waals surface area (Å²) in [5.74, 6) is 0.696. The Morgan fingerprint density at radius 3 is 2.73 bits per heavy atom. The minimum atomic E-state index is 0.463. The van der Waals surface area contributed by atoms with Gasteiger partial charge in [0.1, 0.15) is 0 Å². The largest absolute Gasteiger partial charge is 0.250 e. The molecule has 0 unspecified atom stereocenters. The number of aromatic amines is 1. The Bertz CT molecular complexity index is 878. The van der Waals surface area contributed by atoms with Gasteiger partial charge in [-0.1, -0.05) is 51.8 Å². The van der Waals surface area contributed by atoms with Crippen LogP contribution in [-0.4, -0.2) is 21.1 Å². The van der Waals surface area contributed by atoms with Crippen molar-refractivity contribution in [2.45, 2.75) is 6.92 Å². The zero-order valence-corrected chi connectivity index (χ0v) is 14.2. The van der Waals surface area contributed by atoms with Crippen molar-refractivity contribution in [3.05, 3.63) is 68.9 Å². The van der Waals surface area contributed by atoms with Gasteiger partial charge in [0.25, 0.3) is 0 Å². The first-order chi connectivity index (χ1) is 10.6. The van der Waals surface area contributed by atoms with Crippen molar-refractivity contribution >= 4 is 34.4 Å². The lowest BCUT2D eigenvalue weighted by molar-refractivity contribution is 0.871. The Morgan fingerprint density at radius 2 is 2.00 bits per heavy atom. The van der Waals surface area contributed by atoms with Crippen molar-refractivity contribution in [3.63, 3.8) is 0 Å². The van der Waals surface area contributed by atoms with E-state index < -0.39 is 0 Å². The number of nitrogens with zero attached hydrogens (tertiary/aromatic N) is 3. The third-order valence-electron chi connectivity index (χ3n) is 3.12. The van der Waals surface area contributed by atoms with Crippen LogP contribution in [0.1, 0.15) is 11.1 Å². The zero-order valence-electron chi connectivity index (χ0n) is 11.8. The second-order valence-corrected chi connectivity index (χ2v) is 6.13. The lowest BCUT2D eigenvalue weighted by atomic mass is 10.1. The molecule has 1 heterocycles. The lowest BCUT2D eigenvalue weighted by Gasteiger charge is -2.02. The maximum atomic E-state index is 5.27. The topological polar surface area (TPSA) is 46.0 Å². The van der Waals surface area contributed by atoms with Crippen molar-refractivity contribution in [1.82, 2.24) is 14.9 Å². The van der Waals surface area contributed by atoms with Crippen LogP contribution in [0.2, 0.25) is 0 Å². The molecule has 6 heteroatoms. The van der Waals surface area contributed by atoms with E-state index in [0.29, 0.717) is 10.6 Å². The second kappa shape index (κ2) is 6.37. The number of benzene rings is 2. The normalized spacial score (nSPS) is 11.2. The molecule has 0 amide bonds. The predicted octanol–water partition coefficient (Wildman–Crippen LogP) is 4.56. The molecule has 3 aromatic rings. The molecule has 22 heavy (non-hydrogen) atoms. The van der Waals surface area contributed by atoms with E-state index in [1.807, 2.05) is 49.4 Å². The van der Waals surface area contributed by atoms with Gasteiger partial charge in [0.05, 0.1) is 6.21 Å². The SMILES string of the molecule is Cc1cccc(-c2n[nH]c(=S)n2/N=C/c2ccc(Br)cc2)c1.